The predicted octanol–water partition coefficient (Wildman–Crippen LogP) is 0.710. The number of nitrogens with zero attached hydrogens (tertiary/aromatic N) is 2. The van der Waals surface area contributed by atoms with E-state index in [1.165, 1.54) is 0 Å². The number of aryl methyl sites for hydroxylation is 1. The third-order valence-electron chi connectivity index (χ3n) is 2.55. The van der Waals surface area contributed by atoms with E-state index < -0.39 is 11.8 Å². The maximum absolute atomic E-state index is 11.2. The van der Waals surface area contributed by atoms with Crippen LogP contribution < -0.4 is 10.7 Å². The van der Waals surface area contributed by atoms with Gasteiger partial charge >= 0.3 is 11.8 Å². The Bertz CT molecular complexity index is 581. The average molecular weight is 295 g/mol. The van der Waals surface area contributed by atoms with E-state index in [-0.39, 0.29) is 0 Å². The summed E-state index contributed by atoms with van der Waals surface area (Å²) in [7, 11) is 0. The average Bonchev–Trinajstić information content (AvgIpc) is 2.32. The molecule has 88 valence electrons. The number of carbonyl (C=O) groups is 2. The van der Waals surface area contributed by atoms with Crippen molar-refractivity contribution in [1.82, 2.24) is 0 Å². The van der Waals surface area contributed by atoms with Gasteiger partial charge in [-0.25, -0.2) is 9.98 Å². The standard InChI is InChI=1S/C12H11BrN2O2/c13-7-2-1-4-8-5-3-6-9-10(8)15-12(17)11(16)14-9/h3,5-6H,1-2,4,7H2. The number of para-hydroxylation sites is 1. The molecule has 0 atom stereocenters. The molecule has 0 aliphatic carbocycles. The van der Waals surface area contributed by atoms with Crippen LogP contribution in [0.1, 0.15) is 18.4 Å². The van der Waals surface area contributed by atoms with E-state index in [0.29, 0.717) is 10.7 Å². The minimum atomic E-state index is -0.782. The van der Waals surface area contributed by atoms with Gasteiger partial charge < -0.3 is 0 Å². The lowest BCUT2D eigenvalue weighted by molar-refractivity contribution is -0.135. The first kappa shape index (κ1) is 12.1. The van der Waals surface area contributed by atoms with Crippen molar-refractivity contribution in [3.05, 3.63) is 34.5 Å². The zero-order valence-electron chi connectivity index (χ0n) is 9.15. The summed E-state index contributed by atoms with van der Waals surface area (Å²) in [4.78, 5) is 29.9. The Morgan fingerprint density at radius 3 is 2.59 bits per heavy atom. The molecular weight excluding hydrogens is 284 g/mol. The molecule has 1 aromatic carbocycles. The number of alkyl halides is 1. The molecule has 0 radical (unpaired) electrons. The Labute approximate surface area is 107 Å². The fourth-order valence-electron chi connectivity index (χ4n) is 1.72. The Balaban J connectivity index is 2.41. The fraction of sp³-hybridized carbons (Fsp3) is 0.333. The number of amides is 2. The Kier molecular flexibility index (Phi) is 3.78. The van der Waals surface area contributed by atoms with Crippen molar-refractivity contribution in [1.29, 1.82) is 0 Å². The largest absolute Gasteiger partial charge is 0.338 e. The minimum absolute atomic E-state index is 0.506. The zero-order chi connectivity index (χ0) is 12.3. The van der Waals surface area contributed by atoms with Crippen LogP contribution in [-0.2, 0) is 16.0 Å². The van der Waals surface area contributed by atoms with Gasteiger partial charge in [0.2, 0.25) is 0 Å². The van der Waals surface area contributed by atoms with Crippen LogP contribution >= 0.6 is 15.9 Å². The molecule has 2 rings (SSSR count). The van der Waals surface area contributed by atoms with Crippen molar-refractivity contribution in [2.75, 3.05) is 5.33 Å². The van der Waals surface area contributed by atoms with Crippen molar-refractivity contribution in [3.8, 4) is 0 Å². The summed E-state index contributed by atoms with van der Waals surface area (Å²) in [5, 5.41) is 2.03. The van der Waals surface area contributed by atoms with Crippen LogP contribution in [0.3, 0.4) is 0 Å². The monoisotopic (exact) mass is 294 g/mol. The van der Waals surface area contributed by atoms with Crippen molar-refractivity contribution >= 4 is 27.7 Å². The molecule has 0 unspecified atom stereocenters. The van der Waals surface area contributed by atoms with Gasteiger partial charge in [0.05, 0.1) is 10.7 Å². The topological polar surface area (TPSA) is 58.9 Å². The maximum atomic E-state index is 11.2. The van der Waals surface area contributed by atoms with Crippen LogP contribution in [0.5, 0.6) is 0 Å². The summed E-state index contributed by atoms with van der Waals surface area (Å²) in [5.74, 6) is -1.56. The summed E-state index contributed by atoms with van der Waals surface area (Å²) >= 11 is 3.37. The highest BCUT2D eigenvalue weighted by Gasteiger charge is 2.16. The molecular formula is C12H11BrN2O2. The van der Waals surface area contributed by atoms with Crippen LogP contribution in [0.25, 0.3) is 0 Å². The molecule has 1 aromatic rings. The number of rotatable bonds is 4. The van der Waals surface area contributed by atoms with Crippen LogP contribution in [0.2, 0.25) is 0 Å². The van der Waals surface area contributed by atoms with Crippen molar-refractivity contribution in [2.24, 2.45) is 9.98 Å². The second kappa shape index (κ2) is 5.31. The number of halogens is 1. The molecule has 0 saturated heterocycles. The van der Waals surface area contributed by atoms with Gasteiger partial charge in [0.25, 0.3) is 0 Å². The summed E-state index contributed by atoms with van der Waals surface area (Å²) < 4.78 is 0. The first-order chi connectivity index (χ1) is 8.22. The van der Waals surface area contributed by atoms with Gasteiger partial charge in [-0.15, -0.1) is 0 Å². The number of fused-ring (bicyclic) bond motifs is 1. The van der Waals surface area contributed by atoms with Crippen LogP contribution in [0.15, 0.2) is 28.2 Å². The number of benzene rings is 1. The van der Waals surface area contributed by atoms with E-state index in [0.717, 1.165) is 30.2 Å². The summed E-state index contributed by atoms with van der Waals surface area (Å²) in [6.07, 6.45) is 2.92. The first-order valence-corrected chi connectivity index (χ1v) is 6.54. The normalized spacial score (nSPS) is 13.9. The summed E-state index contributed by atoms with van der Waals surface area (Å²) in [5.41, 5.74) is 0.980. The van der Waals surface area contributed by atoms with Gasteiger partial charge in [0.15, 0.2) is 0 Å². The maximum Gasteiger partial charge on any atom is 0.338 e. The molecule has 0 saturated carbocycles. The number of hydrogen-bond donors (Lipinski definition) is 0. The van der Waals surface area contributed by atoms with E-state index in [1.807, 2.05) is 12.1 Å². The van der Waals surface area contributed by atoms with E-state index in [4.69, 9.17) is 0 Å². The molecule has 0 N–H and O–H groups in total. The Hall–Kier alpha value is -1.36. The summed E-state index contributed by atoms with van der Waals surface area (Å²) in [6.45, 7) is 0. The lowest BCUT2D eigenvalue weighted by atomic mass is 10.1. The van der Waals surface area contributed by atoms with Gasteiger partial charge in [-0.05, 0) is 30.9 Å². The molecule has 1 aliphatic rings. The Morgan fingerprint density at radius 1 is 1.06 bits per heavy atom. The van der Waals surface area contributed by atoms with E-state index in [1.54, 1.807) is 6.07 Å². The molecule has 5 heteroatoms. The van der Waals surface area contributed by atoms with Crippen molar-refractivity contribution < 1.29 is 9.59 Å². The van der Waals surface area contributed by atoms with Crippen LogP contribution in [-0.4, -0.2) is 17.1 Å². The molecule has 0 bridgehead atoms. The van der Waals surface area contributed by atoms with Crippen molar-refractivity contribution in [3.63, 3.8) is 0 Å². The first-order valence-electron chi connectivity index (χ1n) is 5.42. The molecule has 0 fully saturated rings. The smallest absolute Gasteiger partial charge is 0.261 e. The lowest BCUT2D eigenvalue weighted by Gasteiger charge is -2.03. The second-order valence-corrected chi connectivity index (χ2v) is 4.56. The van der Waals surface area contributed by atoms with E-state index in [2.05, 4.69) is 25.9 Å². The molecule has 1 aliphatic heterocycles. The highest BCUT2D eigenvalue weighted by atomic mass is 79.9. The molecule has 17 heavy (non-hydrogen) atoms. The Morgan fingerprint density at radius 2 is 1.82 bits per heavy atom. The van der Waals surface area contributed by atoms with Crippen LogP contribution in [0, 0.1) is 0 Å². The van der Waals surface area contributed by atoms with Gasteiger partial charge in [-0.1, -0.05) is 28.1 Å². The lowest BCUT2D eigenvalue weighted by Crippen LogP contribution is -2.36. The van der Waals surface area contributed by atoms with Gasteiger partial charge in [0.1, 0.15) is 0 Å². The number of carbonyl (C=O) groups excluding carboxylic acids is 2. The van der Waals surface area contributed by atoms with Gasteiger partial charge in [-0.2, -0.15) is 0 Å². The quantitative estimate of drug-likeness (QED) is 0.466. The van der Waals surface area contributed by atoms with Gasteiger partial charge in [0, 0.05) is 5.33 Å². The molecule has 0 spiro atoms. The molecule has 4 nitrogen and oxygen atoms in total. The second-order valence-electron chi connectivity index (χ2n) is 3.76. The van der Waals surface area contributed by atoms with E-state index >= 15 is 0 Å². The summed E-state index contributed by atoms with van der Waals surface area (Å²) in [6, 6.07) is 5.47. The van der Waals surface area contributed by atoms with Gasteiger partial charge in [-0.3, -0.25) is 9.59 Å². The molecule has 0 aromatic heterocycles. The third-order valence-corrected chi connectivity index (χ3v) is 3.11. The SMILES string of the molecule is O=C1N=c2cccc(CCCCBr)c2=NC1=O. The van der Waals surface area contributed by atoms with Crippen LogP contribution in [0.4, 0.5) is 0 Å². The van der Waals surface area contributed by atoms with Crippen molar-refractivity contribution in [2.45, 2.75) is 19.3 Å². The molecule has 2 amide bonds. The number of hydrogen-bond acceptors (Lipinski definition) is 2. The highest BCUT2D eigenvalue weighted by Crippen LogP contribution is 2.01. The third kappa shape index (κ3) is 2.66. The predicted molar refractivity (Wildman–Crippen MR) is 65.5 cm³/mol. The number of unbranched alkanes of at least 4 members (excludes halogenated alkanes) is 1. The zero-order valence-corrected chi connectivity index (χ0v) is 10.7. The molecule has 1 heterocycles. The van der Waals surface area contributed by atoms with E-state index in [9.17, 15) is 9.59 Å². The minimum Gasteiger partial charge on any atom is -0.261 e. The highest BCUT2D eigenvalue weighted by molar-refractivity contribution is 9.09. The fourth-order valence-corrected chi connectivity index (χ4v) is 2.11.